The first kappa shape index (κ1) is 19.3. The molecule has 0 radical (unpaired) electrons. The van der Waals surface area contributed by atoms with Crippen molar-refractivity contribution >= 4 is 15.9 Å². The molecule has 2 unspecified atom stereocenters. The third kappa shape index (κ3) is 4.27. The van der Waals surface area contributed by atoms with Crippen molar-refractivity contribution in [3.05, 3.63) is 30.3 Å². The van der Waals surface area contributed by atoms with Crippen molar-refractivity contribution in [3.63, 3.8) is 0 Å². The van der Waals surface area contributed by atoms with E-state index in [1.54, 1.807) is 30.3 Å². The van der Waals surface area contributed by atoms with Gasteiger partial charge in [0.1, 0.15) is 0 Å². The van der Waals surface area contributed by atoms with E-state index in [2.05, 4.69) is 4.72 Å². The number of sulfonamides is 1. The highest BCUT2D eigenvalue weighted by molar-refractivity contribution is 7.89. The highest BCUT2D eigenvalue weighted by atomic mass is 32.2. The van der Waals surface area contributed by atoms with Gasteiger partial charge in [0.2, 0.25) is 15.9 Å². The molecule has 2 fully saturated rings. The molecule has 144 valence electrons. The molecule has 7 heteroatoms. The first-order valence-electron chi connectivity index (χ1n) is 9.45. The Kier molecular flexibility index (Phi) is 5.69. The average Bonchev–Trinajstić information content (AvgIpc) is 2.62. The van der Waals surface area contributed by atoms with Gasteiger partial charge < -0.3 is 10.6 Å². The summed E-state index contributed by atoms with van der Waals surface area (Å²) >= 11 is 0. The molecule has 1 saturated carbocycles. The minimum absolute atomic E-state index is 0.117. The molecular weight excluding hydrogens is 350 g/mol. The van der Waals surface area contributed by atoms with Crippen LogP contribution in [0.25, 0.3) is 0 Å². The molecule has 6 nitrogen and oxygen atoms in total. The zero-order chi connectivity index (χ0) is 18.8. The van der Waals surface area contributed by atoms with Gasteiger partial charge in [-0.3, -0.25) is 4.79 Å². The van der Waals surface area contributed by atoms with Gasteiger partial charge in [-0.2, -0.15) is 0 Å². The van der Waals surface area contributed by atoms with Gasteiger partial charge in [-0.25, -0.2) is 13.1 Å². The second-order valence-corrected chi connectivity index (χ2v) is 9.55. The minimum atomic E-state index is -3.51. The standard InChI is InChI=1S/C19H29N3O3S/c1-19(20)12-6-5-9-17(19)18(23)22-13-10-15(11-14-22)21-26(24,25)16-7-3-2-4-8-16/h2-4,7-8,15,17,21H,5-6,9-14,20H2,1H3. The normalized spacial score (nSPS) is 28.1. The molecule has 1 saturated heterocycles. The maximum Gasteiger partial charge on any atom is 0.240 e. The van der Waals surface area contributed by atoms with Gasteiger partial charge in [0, 0.05) is 24.7 Å². The maximum atomic E-state index is 12.9. The molecule has 2 aliphatic rings. The van der Waals surface area contributed by atoms with E-state index in [1.165, 1.54) is 0 Å². The molecule has 1 aromatic carbocycles. The fourth-order valence-electron chi connectivity index (χ4n) is 4.09. The Bertz CT molecular complexity index is 726. The van der Waals surface area contributed by atoms with Crippen LogP contribution in [0.4, 0.5) is 0 Å². The summed E-state index contributed by atoms with van der Waals surface area (Å²) in [5.74, 6) is 0.0212. The van der Waals surface area contributed by atoms with Crippen molar-refractivity contribution in [2.24, 2.45) is 11.7 Å². The number of carbonyl (C=O) groups excluding carboxylic acids is 1. The van der Waals surface area contributed by atoms with Crippen molar-refractivity contribution in [1.82, 2.24) is 9.62 Å². The van der Waals surface area contributed by atoms with Crippen molar-refractivity contribution in [1.29, 1.82) is 0 Å². The number of likely N-dealkylation sites (tertiary alicyclic amines) is 1. The molecule has 1 heterocycles. The van der Waals surface area contributed by atoms with E-state index in [0.29, 0.717) is 25.9 Å². The molecule has 1 aliphatic carbocycles. The summed E-state index contributed by atoms with van der Waals surface area (Å²) in [6.07, 6.45) is 5.14. The van der Waals surface area contributed by atoms with Crippen LogP contribution in [0.15, 0.2) is 35.2 Å². The van der Waals surface area contributed by atoms with Crippen LogP contribution in [0.1, 0.15) is 45.4 Å². The molecule has 3 N–H and O–H groups in total. The van der Waals surface area contributed by atoms with Gasteiger partial charge in [0.25, 0.3) is 0 Å². The molecule has 2 atom stereocenters. The van der Waals surface area contributed by atoms with Crippen LogP contribution in [0.2, 0.25) is 0 Å². The summed E-state index contributed by atoms with van der Waals surface area (Å²) in [7, 11) is -3.51. The predicted molar refractivity (Wildman–Crippen MR) is 101 cm³/mol. The van der Waals surface area contributed by atoms with E-state index >= 15 is 0 Å². The van der Waals surface area contributed by atoms with Crippen LogP contribution in [0, 0.1) is 5.92 Å². The number of hydrogen-bond donors (Lipinski definition) is 2. The summed E-state index contributed by atoms with van der Waals surface area (Å²) in [6, 6.07) is 8.26. The van der Waals surface area contributed by atoms with Crippen molar-refractivity contribution in [2.45, 2.75) is 61.9 Å². The third-order valence-electron chi connectivity index (χ3n) is 5.73. The first-order valence-corrected chi connectivity index (χ1v) is 10.9. The molecule has 26 heavy (non-hydrogen) atoms. The number of hydrogen-bond acceptors (Lipinski definition) is 4. The quantitative estimate of drug-likeness (QED) is 0.835. The number of amides is 1. The number of rotatable bonds is 4. The van der Waals surface area contributed by atoms with E-state index < -0.39 is 15.6 Å². The molecule has 0 bridgehead atoms. The molecule has 0 aromatic heterocycles. The van der Waals surface area contributed by atoms with Crippen molar-refractivity contribution in [2.75, 3.05) is 13.1 Å². The molecule has 1 aliphatic heterocycles. The largest absolute Gasteiger partial charge is 0.342 e. The number of carbonyl (C=O) groups is 1. The lowest BCUT2D eigenvalue weighted by Crippen LogP contribution is -2.56. The van der Waals surface area contributed by atoms with Gasteiger partial charge in [-0.1, -0.05) is 31.0 Å². The van der Waals surface area contributed by atoms with Gasteiger partial charge in [0.05, 0.1) is 10.8 Å². The highest BCUT2D eigenvalue weighted by Gasteiger charge is 2.40. The van der Waals surface area contributed by atoms with Crippen LogP contribution in [-0.4, -0.2) is 43.9 Å². The second-order valence-electron chi connectivity index (χ2n) is 7.84. The lowest BCUT2D eigenvalue weighted by atomic mass is 9.74. The molecule has 3 rings (SSSR count). The fraction of sp³-hybridized carbons (Fsp3) is 0.632. The Balaban J connectivity index is 1.57. The Labute approximate surface area is 156 Å². The van der Waals surface area contributed by atoms with Gasteiger partial charge in [-0.15, -0.1) is 0 Å². The van der Waals surface area contributed by atoms with E-state index in [-0.39, 0.29) is 22.8 Å². The van der Waals surface area contributed by atoms with E-state index in [1.807, 2.05) is 11.8 Å². The van der Waals surface area contributed by atoms with Crippen molar-refractivity contribution in [3.8, 4) is 0 Å². The highest BCUT2D eigenvalue weighted by Crippen LogP contribution is 2.33. The lowest BCUT2D eigenvalue weighted by molar-refractivity contribution is -0.140. The van der Waals surface area contributed by atoms with Crippen LogP contribution in [0.5, 0.6) is 0 Å². The number of piperidine rings is 1. The zero-order valence-corrected chi connectivity index (χ0v) is 16.2. The summed E-state index contributed by atoms with van der Waals surface area (Å²) in [6.45, 7) is 3.14. The summed E-state index contributed by atoms with van der Waals surface area (Å²) in [5, 5.41) is 0. The minimum Gasteiger partial charge on any atom is -0.342 e. The Morgan fingerprint density at radius 1 is 1.15 bits per heavy atom. The molecule has 1 aromatic rings. The van der Waals surface area contributed by atoms with Crippen LogP contribution >= 0.6 is 0 Å². The third-order valence-corrected chi connectivity index (χ3v) is 7.27. The number of nitrogens with zero attached hydrogens (tertiary/aromatic N) is 1. The zero-order valence-electron chi connectivity index (χ0n) is 15.4. The Morgan fingerprint density at radius 2 is 1.81 bits per heavy atom. The van der Waals surface area contributed by atoms with E-state index in [4.69, 9.17) is 5.73 Å². The van der Waals surface area contributed by atoms with Gasteiger partial charge >= 0.3 is 0 Å². The lowest BCUT2D eigenvalue weighted by Gasteiger charge is -2.41. The van der Waals surface area contributed by atoms with Crippen molar-refractivity contribution < 1.29 is 13.2 Å². The van der Waals surface area contributed by atoms with Gasteiger partial charge in [0.15, 0.2) is 0 Å². The Morgan fingerprint density at radius 3 is 2.42 bits per heavy atom. The monoisotopic (exact) mass is 379 g/mol. The smallest absolute Gasteiger partial charge is 0.240 e. The Hall–Kier alpha value is -1.44. The molecule has 1 amide bonds. The van der Waals surface area contributed by atoms with Crippen LogP contribution in [0.3, 0.4) is 0 Å². The summed E-state index contributed by atoms with van der Waals surface area (Å²) in [5.41, 5.74) is 5.94. The van der Waals surface area contributed by atoms with E-state index in [9.17, 15) is 13.2 Å². The first-order chi connectivity index (χ1) is 12.3. The van der Waals surface area contributed by atoms with Gasteiger partial charge in [-0.05, 0) is 44.7 Å². The molecule has 0 spiro atoms. The fourth-order valence-corrected chi connectivity index (χ4v) is 5.42. The number of nitrogens with two attached hydrogens (primary N) is 1. The van der Waals surface area contributed by atoms with E-state index in [0.717, 1.165) is 25.7 Å². The second kappa shape index (κ2) is 7.66. The summed E-state index contributed by atoms with van der Waals surface area (Å²) in [4.78, 5) is 15.0. The number of benzene rings is 1. The predicted octanol–water partition coefficient (Wildman–Crippen LogP) is 1.86. The summed E-state index contributed by atoms with van der Waals surface area (Å²) < 4.78 is 27.7. The van der Waals surface area contributed by atoms with Crippen LogP contribution in [-0.2, 0) is 14.8 Å². The SMILES string of the molecule is CC1(N)CCCCC1C(=O)N1CCC(NS(=O)(=O)c2ccccc2)CC1. The maximum absolute atomic E-state index is 12.9. The topological polar surface area (TPSA) is 92.5 Å². The van der Waals surface area contributed by atoms with Crippen LogP contribution < -0.4 is 10.5 Å². The number of nitrogens with one attached hydrogen (secondary N) is 1. The molecular formula is C19H29N3O3S. The average molecular weight is 380 g/mol.